The second-order valence-electron chi connectivity index (χ2n) is 4.98. The van der Waals surface area contributed by atoms with Gasteiger partial charge in [0, 0.05) is 16.3 Å². The van der Waals surface area contributed by atoms with Crippen LogP contribution in [0.25, 0.3) is 0 Å². The van der Waals surface area contributed by atoms with Gasteiger partial charge in [-0.15, -0.1) is 11.3 Å². The predicted molar refractivity (Wildman–Crippen MR) is 92.6 cm³/mol. The largest absolute Gasteiger partial charge is 0.466 e. The van der Waals surface area contributed by atoms with Crippen LogP contribution in [0.5, 0.6) is 0 Å². The summed E-state index contributed by atoms with van der Waals surface area (Å²) in [6, 6.07) is 13.2. The summed E-state index contributed by atoms with van der Waals surface area (Å²) in [7, 11) is -3.70. The third-order valence-corrected chi connectivity index (χ3v) is 6.37. The summed E-state index contributed by atoms with van der Waals surface area (Å²) >= 11 is 7.24. The van der Waals surface area contributed by atoms with Crippen LogP contribution in [-0.4, -0.2) is 13.5 Å². The maximum absolute atomic E-state index is 12.3. The van der Waals surface area contributed by atoms with Crippen LogP contribution in [0, 0.1) is 0 Å². The molecule has 2 heterocycles. The van der Waals surface area contributed by atoms with E-state index in [4.69, 9.17) is 16.0 Å². The highest BCUT2D eigenvalue weighted by molar-refractivity contribution is 7.89. The molecule has 0 aliphatic carbocycles. The highest BCUT2D eigenvalue weighted by atomic mass is 35.5. The minimum atomic E-state index is -3.70. The molecule has 1 atom stereocenters. The lowest BCUT2D eigenvalue weighted by Crippen LogP contribution is -2.23. The van der Waals surface area contributed by atoms with Gasteiger partial charge in [0.2, 0.25) is 10.0 Å². The summed E-state index contributed by atoms with van der Waals surface area (Å²) in [5.74, 6) is 0.444. The molecular formula is C16H14ClNO4S2. The number of furan rings is 1. The van der Waals surface area contributed by atoms with Crippen LogP contribution in [-0.2, 0) is 16.6 Å². The first-order valence-electron chi connectivity index (χ1n) is 7.01. The van der Waals surface area contributed by atoms with Gasteiger partial charge < -0.3 is 9.52 Å². The molecule has 0 amide bonds. The summed E-state index contributed by atoms with van der Waals surface area (Å²) in [5, 5.41) is 10.4. The number of benzene rings is 1. The van der Waals surface area contributed by atoms with Crippen molar-refractivity contribution in [2.45, 2.75) is 17.5 Å². The van der Waals surface area contributed by atoms with Gasteiger partial charge in [0.05, 0.1) is 11.3 Å². The van der Waals surface area contributed by atoms with Crippen LogP contribution < -0.4 is 4.72 Å². The van der Waals surface area contributed by atoms with E-state index in [1.54, 1.807) is 36.4 Å². The highest BCUT2D eigenvalue weighted by Crippen LogP contribution is 2.29. The molecule has 0 saturated carbocycles. The summed E-state index contributed by atoms with van der Waals surface area (Å²) < 4.78 is 32.3. The van der Waals surface area contributed by atoms with Crippen LogP contribution in [0.15, 0.2) is 64.1 Å². The van der Waals surface area contributed by atoms with Gasteiger partial charge in [0.15, 0.2) is 0 Å². The average Bonchev–Trinajstić information content (AvgIpc) is 3.24. The Labute approximate surface area is 148 Å². The van der Waals surface area contributed by atoms with Crippen molar-refractivity contribution in [3.63, 3.8) is 0 Å². The maximum atomic E-state index is 12.3. The van der Waals surface area contributed by atoms with Crippen molar-refractivity contribution in [2.75, 3.05) is 0 Å². The number of sulfonamides is 1. The molecule has 1 aromatic carbocycles. The number of nitrogens with one attached hydrogen (secondary N) is 1. The van der Waals surface area contributed by atoms with E-state index in [9.17, 15) is 13.5 Å². The molecule has 8 heteroatoms. The van der Waals surface area contributed by atoms with Crippen molar-refractivity contribution < 1.29 is 17.9 Å². The van der Waals surface area contributed by atoms with Crippen LogP contribution in [0.4, 0.5) is 0 Å². The first-order chi connectivity index (χ1) is 11.5. The molecule has 126 valence electrons. The minimum absolute atomic E-state index is 0.0408. The third-order valence-electron chi connectivity index (χ3n) is 3.33. The van der Waals surface area contributed by atoms with E-state index >= 15 is 0 Å². The molecule has 0 radical (unpaired) electrons. The molecule has 0 aliphatic rings. The topological polar surface area (TPSA) is 79.5 Å². The Morgan fingerprint density at radius 2 is 1.96 bits per heavy atom. The first kappa shape index (κ1) is 17.2. The van der Waals surface area contributed by atoms with E-state index in [0.717, 1.165) is 4.88 Å². The number of hydrogen-bond donors (Lipinski definition) is 2. The van der Waals surface area contributed by atoms with Crippen LogP contribution >= 0.6 is 22.9 Å². The molecule has 2 N–H and O–H groups in total. The Kier molecular flexibility index (Phi) is 5.07. The fraction of sp³-hybridized carbons (Fsp3) is 0.125. The molecule has 3 rings (SSSR count). The lowest BCUT2D eigenvalue weighted by molar-refractivity contribution is 0.193. The van der Waals surface area contributed by atoms with E-state index in [-0.39, 0.29) is 16.5 Å². The van der Waals surface area contributed by atoms with Crippen molar-refractivity contribution in [3.05, 3.63) is 75.3 Å². The first-order valence-corrected chi connectivity index (χ1v) is 9.69. The molecule has 0 spiro atoms. The summed E-state index contributed by atoms with van der Waals surface area (Å²) in [4.78, 5) is 1.49. The van der Waals surface area contributed by atoms with Crippen molar-refractivity contribution in [1.29, 1.82) is 0 Å². The zero-order valence-electron chi connectivity index (χ0n) is 12.3. The van der Waals surface area contributed by atoms with Crippen molar-refractivity contribution in [1.82, 2.24) is 4.72 Å². The Hall–Kier alpha value is -1.64. The summed E-state index contributed by atoms with van der Waals surface area (Å²) in [6.07, 6.45) is 0.629. The lowest BCUT2D eigenvalue weighted by atomic mass is 10.2. The van der Waals surface area contributed by atoms with Crippen LogP contribution in [0.2, 0.25) is 5.02 Å². The Morgan fingerprint density at radius 1 is 1.17 bits per heavy atom. The molecule has 1 unspecified atom stereocenters. The second kappa shape index (κ2) is 7.08. The molecule has 5 nitrogen and oxygen atoms in total. The van der Waals surface area contributed by atoms with Crippen molar-refractivity contribution in [3.8, 4) is 0 Å². The fourth-order valence-electron chi connectivity index (χ4n) is 2.13. The van der Waals surface area contributed by atoms with Gasteiger partial charge in [-0.25, -0.2) is 13.1 Å². The Morgan fingerprint density at radius 3 is 2.67 bits per heavy atom. The number of halogens is 1. The van der Waals surface area contributed by atoms with Gasteiger partial charge in [-0.05, 0) is 36.4 Å². The summed E-state index contributed by atoms with van der Waals surface area (Å²) in [5.41, 5.74) is 0. The van der Waals surface area contributed by atoms with Gasteiger partial charge in [-0.1, -0.05) is 23.7 Å². The normalized spacial score (nSPS) is 13.1. The van der Waals surface area contributed by atoms with E-state index in [0.29, 0.717) is 10.6 Å². The van der Waals surface area contributed by atoms with E-state index in [1.807, 2.05) is 0 Å². The fourth-order valence-corrected chi connectivity index (χ4v) is 4.69. The minimum Gasteiger partial charge on any atom is -0.466 e. The standard InChI is InChI=1S/C16H14ClNO4S2/c17-12-4-1-2-6-15(12)24(20,21)18-10-11-7-8-14(23-11)16(19)13-5-3-9-22-13/h1-9,16,18-19H,10H2. The predicted octanol–water partition coefficient (Wildman–Crippen LogP) is 3.55. The third kappa shape index (κ3) is 3.71. The zero-order valence-corrected chi connectivity index (χ0v) is 14.7. The monoisotopic (exact) mass is 383 g/mol. The molecule has 0 aliphatic heterocycles. The number of hydrogen-bond acceptors (Lipinski definition) is 5. The molecule has 24 heavy (non-hydrogen) atoms. The van der Waals surface area contributed by atoms with Crippen molar-refractivity contribution in [2.24, 2.45) is 0 Å². The molecule has 3 aromatic rings. The van der Waals surface area contributed by atoms with Crippen LogP contribution in [0.1, 0.15) is 21.6 Å². The van der Waals surface area contributed by atoms with Crippen molar-refractivity contribution >= 4 is 33.0 Å². The number of rotatable bonds is 6. The number of aliphatic hydroxyl groups is 1. The lowest BCUT2D eigenvalue weighted by Gasteiger charge is -2.07. The van der Waals surface area contributed by atoms with Gasteiger partial charge in [0.25, 0.3) is 0 Å². The zero-order chi connectivity index (χ0) is 17.2. The average molecular weight is 384 g/mol. The highest BCUT2D eigenvalue weighted by Gasteiger charge is 2.19. The summed E-state index contributed by atoms with van der Waals surface area (Å²) in [6.45, 7) is 0.114. The van der Waals surface area contributed by atoms with Gasteiger partial charge >= 0.3 is 0 Å². The van der Waals surface area contributed by atoms with Gasteiger partial charge in [-0.2, -0.15) is 0 Å². The molecule has 0 bridgehead atoms. The second-order valence-corrected chi connectivity index (χ2v) is 8.32. The molecule has 2 aromatic heterocycles. The maximum Gasteiger partial charge on any atom is 0.242 e. The number of thiophene rings is 1. The van der Waals surface area contributed by atoms with E-state index in [2.05, 4.69) is 4.72 Å². The Balaban J connectivity index is 1.71. The van der Waals surface area contributed by atoms with E-state index < -0.39 is 16.1 Å². The SMILES string of the molecule is O=S(=O)(NCc1ccc(C(O)c2ccco2)s1)c1ccccc1Cl. The number of aliphatic hydroxyl groups excluding tert-OH is 1. The van der Waals surface area contributed by atoms with Gasteiger partial charge in [-0.3, -0.25) is 0 Å². The molecule has 0 saturated heterocycles. The van der Waals surface area contributed by atoms with Gasteiger partial charge in [0.1, 0.15) is 16.8 Å². The molecular weight excluding hydrogens is 370 g/mol. The molecule has 0 fully saturated rings. The van der Waals surface area contributed by atoms with Crippen LogP contribution in [0.3, 0.4) is 0 Å². The quantitative estimate of drug-likeness (QED) is 0.682. The van der Waals surface area contributed by atoms with E-state index in [1.165, 1.54) is 29.7 Å². The Bertz CT molecular complexity index is 919. The smallest absolute Gasteiger partial charge is 0.242 e.